The van der Waals surface area contributed by atoms with Crippen LogP contribution in [-0.2, 0) is 6.42 Å². The molecule has 2 aromatic rings. The van der Waals surface area contributed by atoms with Gasteiger partial charge in [-0.2, -0.15) is 0 Å². The molecule has 2 heterocycles. The average Bonchev–Trinajstić information content (AvgIpc) is 2.60. The number of aromatic nitrogens is 4. The first kappa shape index (κ1) is 10.7. The average molecular weight is 222 g/mol. The van der Waals surface area contributed by atoms with Crippen LogP contribution in [0.3, 0.4) is 0 Å². The number of nitrogens with zero attached hydrogens (tertiary/aromatic N) is 1. The van der Waals surface area contributed by atoms with Crippen LogP contribution in [0.15, 0.2) is 9.59 Å². The minimum Gasteiger partial charge on any atom is -0.336 e. The third-order valence-corrected chi connectivity index (χ3v) is 2.68. The maximum absolute atomic E-state index is 11.4. The molecule has 3 N–H and O–H groups in total. The van der Waals surface area contributed by atoms with E-state index in [9.17, 15) is 9.59 Å². The van der Waals surface area contributed by atoms with Crippen LogP contribution >= 0.6 is 0 Å². The number of hydrogen-bond acceptors (Lipinski definition) is 3. The molecule has 0 aliphatic heterocycles. The van der Waals surface area contributed by atoms with E-state index in [0.717, 1.165) is 18.7 Å². The molecule has 86 valence electrons. The minimum atomic E-state index is -0.529. The van der Waals surface area contributed by atoms with E-state index in [1.54, 1.807) is 0 Å². The third kappa shape index (κ3) is 1.91. The van der Waals surface area contributed by atoms with Gasteiger partial charge in [0, 0.05) is 6.42 Å². The smallest absolute Gasteiger partial charge is 0.327 e. The molecule has 6 heteroatoms. The van der Waals surface area contributed by atoms with E-state index in [2.05, 4.69) is 33.8 Å². The summed E-state index contributed by atoms with van der Waals surface area (Å²) in [6.07, 6.45) is 1.82. The van der Waals surface area contributed by atoms with Crippen LogP contribution in [0, 0.1) is 5.92 Å². The van der Waals surface area contributed by atoms with Gasteiger partial charge >= 0.3 is 5.69 Å². The third-order valence-electron chi connectivity index (χ3n) is 2.68. The predicted molar refractivity (Wildman–Crippen MR) is 60.5 cm³/mol. The number of imidazole rings is 1. The Labute approximate surface area is 91.1 Å². The van der Waals surface area contributed by atoms with Crippen molar-refractivity contribution < 1.29 is 0 Å². The van der Waals surface area contributed by atoms with Crippen LogP contribution in [0.5, 0.6) is 0 Å². The van der Waals surface area contributed by atoms with E-state index >= 15 is 0 Å². The zero-order chi connectivity index (χ0) is 11.7. The van der Waals surface area contributed by atoms with Crippen molar-refractivity contribution >= 4 is 11.2 Å². The molecule has 0 radical (unpaired) electrons. The zero-order valence-electron chi connectivity index (χ0n) is 9.26. The topological polar surface area (TPSA) is 94.4 Å². The van der Waals surface area contributed by atoms with Gasteiger partial charge < -0.3 is 4.98 Å². The van der Waals surface area contributed by atoms with E-state index in [-0.39, 0.29) is 0 Å². The molecule has 0 spiro atoms. The van der Waals surface area contributed by atoms with Gasteiger partial charge in [0.2, 0.25) is 0 Å². The minimum absolute atomic E-state index is 0.326. The maximum atomic E-state index is 11.4. The van der Waals surface area contributed by atoms with Gasteiger partial charge in [-0.3, -0.25) is 14.8 Å². The highest BCUT2D eigenvalue weighted by Gasteiger charge is 2.09. The fourth-order valence-corrected chi connectivity index (χ4v) is 1.55. The van der Waals surface area contributed by atoms with Crippen molar-refractivity contribution in [1.82, 2.24) is 19.9 Å². The van der Waals surface area contributed by atoms with Crippen molar-refractivity contribution in [3.05, 3.63) is 26.7 Å². The summed E-state index contributed by atoms with van der Waals surface area (Å²) in [7, 11) is 0. The van der Waals surface area contributed by atoms with Crippen LogP contribution in [0.4, 0.5) is 0 Å². The standard InChI is InChI=1S/C10H14N4O2/c1-3-5(2)4-6-11-7-8(12-6)13-10(16)14-9(7)15/h5H,3-4H2,1-2H3,(H3,11,12,13,14,15,16). The SMILES string of the molecule is CCC(C)Cc1nc2[nH]c(=O)[nH]c(=O)c2[nH]1. The molecule has 2 aromatic heterocycles. The molecular weight excluding hydrogens is 208 g/mol. The van der Waals surface area contributed by atoms with E-state index in [1.165, 1.54) is 0 Å². The largest absolute Gasteiger partial charge is 0.336 e. The second kappa shape index (κ2) is 3.96. The van der Waals surface area contributed by atoms with Crippen molar-refractivity contribution in [3.8, 4) is 0 Å². The summed E-state index contributed by atoms with van der Waals surface area (Å²) < 4.78 is 0. The van der Waals surface area contributed by atoms with Gasteiger partial charge in [0.1, 0.15) is 11.3 Å². The molecule has 0 aromatic carbocycles. The molecule has 0 amide bonds. The Hall–Kier alpha value is -1.85. The van der Waals surface area contributed by atoms with Gasteiger partial charge in [0.25, 0.3) is 5.56 Å². The Morgan fingerprint density at radius 2 is 2.00 bits per heavy atom. The molecule has 6 nitrogen and oxygen atoms in total. The summed E-state index contributed by atoms with van der Waals surface area (Å²) in [6.45, 7) is 4.21. The van der Waals surface area contributed by atoms with Crippen molar-refractivity contribution in [3.63, 3.8) is 0 Å². The molecule has 0 fully saturated rings. The van der Waals surface area contributed by atoms with Gasteiger partial charge in [-0.15, -0.1) is 0 Å². The van der Waals surface area contributed by atoms with E-state index < -0.39 is 11.2 Å². The summed E-state index contributed by atoms with van der Waals surface area (Å²) in [4.78, 5) is 34.2. The van der Waals surface area contributed by atoms with Crippen molar-refractivity contribution in [2.24, 2.45) is 5.92 Å². The van der Waals surface area contributed by atoms with Crippen LogP contribution in [0.1, 0.15) is 26.1 Å². The number of hydrogen-bond donors (Lipinski definition) is 3. The van der Waals surface area contributed by atoms with Gasteiger partial charge in [-0.25, -0.2) is 9.78 Å². The summed E-state index contributed by atoms with van der Waals surface area (Å²) in [6, 6.07) is 0. The first-order valence-corrected chi connectivity index (χ1v) is 5.31. The maximum Gasteiger partial charge on any atom is 0.327 e. The number of rotatable bonds is 3. The highest BCUT2D eigenvalue weighted by molar-refractivity contribution is 5.68. The lowest BCUT2D eigenvalue weighted by Crippen LogP contribution is -2.21. The van der Waals surface area contributed by atoms with Crippen LogP contribution in [0.2, 0.25) is 0 Å². The summed E-state index contributed by atoms with van der Waals surface area (Å²) in [5, 5.41) is 0. The zero-order valence-corrected chi connectivity index (χ0v) is 9.26. The Balaban J connectivity index is 2.48. The molecule has 0 bridgehead atoms. The highest BCUT2D eigenvalue weighted by atomic mass is 16.2. The molecular formula is C10H14N4O2. The number of H-pyrrole nitrogens is 3. The molecule has 1 atom stereocenters. The molecule has 1 unspecified atom stereocenters. The Kier molecular flexibility index (Phi) is 2.64. The second-order valence-corrected chi connectivity index (χ2v) is 4.03. The second-order valence-electron chi connectivity index (χ2n) is 4.03. The molecule has 0 aliphatic carbocycles. The molecule has 0 aliphatic rings. The summed E-state index contributed by atoms with van der Waals surface area (Å²) >= 11 is 0. The van der Waals surface area contributed by atoms with Gasteiger partial charge in [0.05, 0.1) is 0 Å². The highest BCUT2D eigenvalue weighted by Crippen LogP contribution is 2.10. The Bertz CT molecular complexity index is 607. The first-order chi connectivity index (χ1) is 7.60. The molecule has 16 heavy (non-hydrogen) atoms. The van der Waals surface area contributed by atoms with Crippen LogP contribution in [-0.4, -0.2) is 19.9 Å². The summed E-state index contributed by atoms with van der Waals surface area (Å²) in [5.74, 6) is 1.23. The van der Waals surface area contributed by atoms with Crippen LogP contribution in [0.25, 0.3) is 11.2 Å². The first-order valence-electron chi connectivity index (χ1n) is 5.31. The Morgan fingerprint density at radius 3 is 2.69 bits per heavy atom. The van der Waals surface area contributed by atoms with Gasteiger partial charge in [-0.05, 0) is 5.92 Å². The fourth-order valence-electron chi connectivity index (χ4n) is 1.55. The lowest BCUT2D eigenvalue weighted by molar-refractivity contribution is 0.547. The van der Waals surface area contributed by atoms with Crippen LogP contribution < -0.4 is 11.2 Å². The van der Waals surface area contributed by atoms with Crippen molar-refractivity contribution in [1.29, 1.82) is 0 Å². The van der Waals surface area contributed by atoms with Crippen molar-refractivity contribution in [2.45, 2.75) is 26.7 Å². The summed E-state index contributed by atoms with van der Waals surface area (Å²) in [5.41, 5.74) is -0.300. The normalized spacial score (nSPS) is 13.1. The van der Waals surface area contributed by atoms with Crippen molar-refractivity contribution in [2.75, 3.05) is 0 Å². The monoisotopic (exact) mass is 222 g/mol. The number of fused-ring (bicyclic) bond motifs is 1. The quantitative estimate of drug-likeness (QED) is 0.706. The van der Waals surface area contributed by atoms with E-state index in [4.69, 9.17) is 0 Å². The number of aromatic amines is 3. The van der Waals surface area contributed by atoms with E-state index in [1.807, 2.05) is 0 Å². The molecule has 0 saturated carbocycles. The lowest BCUT2D eigenvalue weighted by atomic mass is 10.1. The lowest BCUT2D eigenvalue weighted by Gasteiger charge is -2.03. The van der Waals surface area contributed by atoms with E-state index in [0.29, 0.717) is 17.1 Å². The predicted octanol–water partition coefficient (Wildman–Crippen LogP) is 0.528. The van der Waals surface area contributed by atoms with Gasteiger partial charge in [-0.1, -0.05) is 20.3 Å². The molecule has 0 saturated heterocycles. The number of nitrogens with one attached hydrogen (secondary N) is 3. The molecule has 2 rings (SSSR count). The van der Waals surface area contributed by atoms with Gasteiger partial charge in [0.15, 0.2) is 5.65 Å². The fraction of sp³-hybridized carbons (Fsp3) is 0.500. The Morgan fingerprint density at radius 1 is 1.25 bits per heavy atom.